The fraction of sp³-hybridized carbons (Fsp3) is 0.556. The van der Waals surface area contributed by atoms with Crippen LogP contribution in [0.2, 0.25) is 0 Å². The minimum Gasteiger partial charge on any atom is -0.337 e. The van der Waals surface area contributed by atoms with Gasteiger partial charge in [-0.1, -0.05) is 22.6 Å². The summed E-state index contributed by atoms with van der Waals surface area (Å²) >= 11 is 2.45. The zero-order valence-corrected chi connectivity index (χ0v) is 9.90. The molecule has 1 aliphatic rings. The van der Waals surface area contributed by atoms with Gasteiger partial charge in [0.1, 0.15) is 5.69 Å². The van der Waals surface area contributed by atoms with E-state index in [1.807, 2.05) is 4.90 Å². The maximum atomic E-state index is 11.8. The lowest BCUT2D eigenvalue weighted by Crippen LogP contribution is -2.38. The summed E-state index contributed by atoms with van der Waals surface area (Å²) in [4.78, 5) is 13.7. The van der Waals surface area contributed by atoms with E-state index in [4.69, 9.17) is 0 Å². The van der Waals surface area contributed by atoms with Crippen LogP contribution >= 0.6 is 22.6 Å². The average Bonchev–Trinajstić information content (AvgIpc) is 2.71. The molecule has 76 valence electrons. The van der Waals surface area contributed by atoms with Gasteiger partial charge in [0.25, 0.3) is 5.91 Å². The maximum Gasteiger partial charge on any atom is 0.271 e. The van der Waals surface area contributed by atoms with Crippen molar-refractivity contribution in [1.29, 1.82) is 0 Å². The number of nitrogens with one attached hydrogen (secondary N) is 1. The average molecular weight is 305 g/mol. The summed E-state index contributed by atoms with van der Waals surface area (Å²) < 4.78 is 0.721. The molecule has 1 aliphatic heterocycles. The van der Waals surface area contributed by atoms with E-state index in [-0.39, 0.29) is 5.91 Å². The Morgan fingerprint density at radius 3 is 2.86 bits per heavy atom. The minimum atomic E-state index is 0.0748. The van der Waals surface area contributed by atoms with Gasteiger partial charge in [0.2, 0.25) is 0 Å². The fourth-order valence-corrected chi connectivity index (χ4v) is 2.15. The van der Waals surface area contributed by atoms with E-state index >= 15 is 0 Å². The van der Waals surface area contributed by atoms with Gasteiger partial charge >= 0.3 is 0 Å². The van der Waals surface area contributed by atoms with E-state index in [9.17, 15) is 4.79 Å². The lowest BCUT2D eigenvalue weighted by atomic mass is 10.1. The van der Waals surface area contributed by atoms with Crippen molar-refractivity contribution in [3.8, 4) is 0 Å². The second-order valence-electron chi connectivity index (χ2n) is 3.44. The van der Waals surface area contributed by atoms with Crippen molar-refractivity contribution in [3.63, 3.8) is 0 Å². The molecule has 2 rings (SSSR count). The van der Waals surface area contributed by atoms with Crippen molar-refractivity contribution in [2.45, 2.75) is 16.8 Å². The molecule has 1 saturated heterocycles. The van der Waals surface area contributed by atoms with Gasteiger partial charge in [-0.3, -0.25) is 9.89 Å². The van der Waals surface area contributed by atoms with Gasteiger partial charge in [0, 0.05) is 23.2 Å². The predicted molar refractivity (Wildman–Crippen MR) is 61.5 cm³/mol. The molecule has 2 heterocycles. The Bertz CT molecular complexity index is 304. The number of aromatic nitrogens is 2. The third kappa shape index (κ3) is 2.08. The Morgan fingerprint density at radius 2 is 2.29 bits per heavy atom. The maximum absolute atomic E-state index is 11.8. The van der Waals surface area contributed by atoms with Crippen LogP contribution in [0.15, 0.2) is 12.3 Å². The molecule has 1 aromatic heterocycles. The number of hydrogen-bond donors (Lipinski definition) is 1. The van der Waals surface area contributed by atoms with Crippen molar-refractivity contribution >= 4 is 28.5 Å². The lowest BCUT2D eigenvalue weighted by Gasteiger charge is -2.28. The normalized spacial score (nSPS) is 18.5. The summed E-state index contributed by atoms with van der Waals surface area (Å²) in [6, 6.07) is 1.72. The summed E-state index contributed by atoms with van der Waals surface area (Å²) in [7, 11) is 0. The molecule has 0 unspecified atom stereocenters. The summed E-state index contributed by atoms with van der Waals surface area (Å²) in [5.41, 5.74) is 0.594. The number of nitrogens with zero attached hydrogens (tertiary/aromatic N) is 2. The SMILES string of the molecule is O=C(c1ccn[nH]1)N1CCC(I)CC1. The van der Waals surface area contributed by atoms with Gasteiger partial charge in [-0.15, -0.1) is 0 Å². The number of piperidine rings is 1. The number of carbonyl (C=O) groups excluding carboxylic acids is 1. The first-order valence-electron chi connectivity index (χ1n) is 4.70. The van der Waals surface area contributed by atoms with Crippen LogP contribution < -0.4 is 0 Å². The first-order valence-corrected chi connectivity index (χ1v) is 5.94. The highest BCUT2D eigenvalue weighted by molar-refractivity contribution is 14.1. The second-order valence-corrected chi connectivity index (χ2v) is 5.20. The Kier molecular flexibility index (Phi) is 3.05. The Morgan fingerprint density at radius 1 is 1.57 bits per heavy atom. The van der Waals surface area contributed by atoms with Crippen molar-refractivity contribution in [2.24, 2.45) is 0 Å². The van der Waals surface area contributed by atoms with Crippen LogP contribution in [0, 0.1) is 0 Å². The molecule has 0 spiro atoms. The number of carbonyl (C=O) groups is 1. The summed E-state index contributed by atoms with van der Waals surface area (Å²) in [5.74, 6) is 0.0748. The van der Waals surface area contributed by atoms with Gasteiger partial charge in [-0.25, -0.2) is 0 Å². The summed E-state index contributed by atoms with van der Waals surface area (Å²) in [6.45, 7) is 1.73. The predicted octanol–water partition coefficient (Wildman–Crippen LogP) is 1.45. The molecule has 1 N–H and O–H groups in total. The molecule has 5 heteroatoms. The Hall–Kier alpha value is -0.590. The molecule has 1 aromatic rings. The molecule has 0 bridgehead atoms. The van der Waals surface area contributed by atoms with Crippen LogP contribution in [-0.2, 0) is 0 Å². The molecule has 14 heavy (non-hydrogen) atoms. The van der Waals surface area contributed by atoms with Gasteiger partial charge < -0.3 is 4.90 Å². The van der Waals surface area contributed by atoms with E-state index in [2.05, 4.69) is 32.8 Å². The van der Waals surface area contributed by atoms with Crippen molar-refractivity contribution < 1.29 is 4.79 Å². The number of amides is 1. The molecule has 0 aliphatic carbocycles. The number of aromatic amines is 1. The van der Waals surface area contributed by atoms with Crippen LogP contribution in [0.1, 0.15) is 23.3 Å². The lowest BCUT2D eigenvalue weighted by molar-refractivity contribution is 0.0723. The minimum absolute atomic E-state index is 0.0748. The van der Waals surface area contributed by atoms with E-state index in [0.717, 1.165) is 29.9 Å². The number of hydrogen-bond acceptors (Lipinski definition) is 2. The molecular formula is C9H12IN3O. The van der Waals surface area contributed by atoms with Crippen LogP contribution in [0.5, 0.6) is 0 Å². The molecule has 0 aromatic carbocycles. The first kappa shape index (κ1) is 9.95. The van der Waals surface area contributed by atoms with Crippen LogP contribution in [0.4, 0.5) is 0 Å². The Balaban J connectivity index is 1.99. The summed E-state index contributed by atoms with van der Waals surface area (Å²) in [6.07, 6.45) is 3.80. The van der Waals surface area contributed by atoms with Gasteiger partial charge in [-0.05, 0) is 18.9 Å². The zero-order chi connectivity index (χ0) is 9.97. The second kappa shape index (κ2) is 4.29. The number of alkyl halides is 1. The molecule has 1 fully saturated rings. The van der Waals surface area contributed by atoms with Crippen LogP contribution in [0.25, 0.3) is 0 Å². The number of halogens is 1. The smallest absolute Gasteiger partial charge is 0.271 e. The third-order valence-corrected chi connectivity index (χ3v) is 3.69. The molecule has 1 amide bonds. The van der Waals surface area contributed by atoms with E-state index in [1.165, 1.54) is 0 Å². The topological polar surface area (TPSA) is 49.0 Å². The van der Waals surface area contributed by atoms with Crippen molar-refractivity contribution in [2.75, 3.05) is 13.1 Å². The van der Waals surface area contributed by atoms with Crippen molar-refractivity contribution in [1.82, 2.24) is 15.1 Å². The van der Waals surface area contributed by atoms with Crippen molar-refractivity contribution in [3.05, 3.63) is 18.0 Å². The number of rotatable bonds is 1. The summed E-state index contributed by atoms with van der Waals surface area (Å²) in [5, 5.41) is 6.48. The molecular weight excluding hydrogens is 293 g/mol. The molecule has 0 radical (unpaired) electrons. The molecule has 0 saturated carbocycles. The Labute approximate surface area is 96.2 Å². The standard InChI is InChI=1S/C9H12IN3O/c10-7-2-5-13(6-3-7)9(14)8-1-4-11-12-8/h1,4,7H,2-3,5-6H2,(H,11,12). The number of likely N-dealkylation sites (tertiary alicyclic amines) is 1. The molecule has 0 atom stereocenters. The molecule has 4 nitrogen and oxygen atoms in total. The van der Waals surface area contributed by atoms with E-state index < -0.39 is 0 Å². The van der Waals surface area contributed by atoms with Gasteiger partial charge in [-0.2, -0.15) is 5.10 Å². The van der Waals surface area contributed by atoms with Gasteiger partial charge in [0.15, 0.2) is 0 Å². The van der Waals surface area contributed by atoms with Gasteiger partial charge in [0.05, 0.1) is 0 Å². The fourth-order valence-electron chi connectivity index (χ4n) is 1.60. The van der Waals surface area contributed by atoms with E-state index in [1.54, 1.807) is 12.3 Å². The third-order valence-electron chi connectivity index (χ3n) is 2.44. The number of H-pyrrole nitrogens is 1. The van der Waals surface area contributed by atoms with E-state index in [0.29, 0.717) is 5.69 Å². The first-order chi connectivity index (χ1) is 6.77. The van der Waals surface area contributed by atoms with Crippen LogP contribution in [0.3, 0.4) is 0 Å². The quantitative estimate of drug-likeness (QED) is 0.630. The highest BCUT2D eigenvalue weighted by atomic mass is 127. The highest BCUT2D eigenvalue weighted by Gasteiger charge is 2.22. The monoisotopic (exact) mass is 305 g/mol. The largest absolute Gasteiger partial charge is 0.337 e. The van der Waals surface area contributed by atoms with Crippen LogP contribution in [-0.4, -0.2) is 38.0 Å². The zero-order valence-electron chi connectivity index (χ0n) is 7.74. The highest BCUT2D eigenvalue weighted by Crippen LogP contribution is 2.18.